The van der Waals surface area contributed by atoms with Crippen LogP contribution in [0.2, 0.25) is 0 Å². The summed E-state index contributed by atoms with van der Waals surface area (Å²) < 4.78 is 29.1. The van der Waals surface area contributed by atoms with Crippen LogP contribution in [0.1, 0.15) is 55.2 Å². The van der Waals surface area contributed by atoms with E-state index in [1.54, 1.807) is 45.2 Å². The second-order valence-corrected chi connectivity index (χ2v) is 20.4. The maximum absolute atomic E-state index is 12.9. The summed E-state index contributed by atoms with van der Waals surface area (Å²) in [5.41, 5.74) is 6.00. The van der Waals surface area contributed by atoms with E-state index in [-0.39, 0.29) is 42.0 Å². The van der Waals surface area contributed by atoms with Crippen molar-refractivity contribution in [3.63, 3.8) is 0 Å². The predicted octanol–water partition coefficient (Wildman–Crippen LogP) is 11.3. The SMILES string of the molecule is COc1cc(CN2CCC(NC(=O)Nc3ccccc3)CC2)cc(OC)c1OC.CSc1cccc(NC(=O)NC2CCN(Cc3ccccc3)CC2)c1.O=C(Nc1ccc(F)cc1)NC1CCN(Cc2ccccc2)CC1. The smallest absolute Gasteiger partial charge is 0.319 e. The highest BCUT2D eigenvalue weighted by molar-refractivity contribution is 7.98. The van der Waals surface area contributed by atoms with Gasteiger partial charge in [0.05, 0.1) is 21.3 Å². The molecule has 6 aromatic rings. The zero-order valence-electron chi connectivity index (χ0n) is 45.3. The van der Waals surface area contributed by atoms with E-state index in [0.29, 0.717) is 22.9 Å². The molecular formula is C61H76FN9O6S. The summed E-state index contributed by atoms with van der Waals surface area (Å²) in [5, 5.41) is 17.7. The number of rotatable bonds is 16. The second-order valence-electron chi connectivity index (χ2n) is 19.6. The van der Waals surface area contributed by atoms with Crippen molar-refractivity contribution in [1.29, 1.82) is 0 Å². The number of anilines is 3. The average Bonchev–Trinajstić information content (AvgIpc) is 3.47. The highest BCUT2D eigenvalue weighted by atomic mass is 32.2. The lowest BCUT2D eigenvalue weighted by Crippen LogP contribution is -2.45. The van der Waals surface area contributed by atoms with Gasteiger partial charge in [-0.1, -0.05) is 84.9 Å². The van der Waals surface area contributed by atoms with Gasteiger partial charge in [0.25, 0.3) is 0 Å². The van der Waals surface area contributed by atoms with Gasteiger partial charge in [0.15, 0.2) is 11.5 Å². The first-order chi connectivity index (χ1) is 38.0. The largest absolute Gasteiger partial charge is 0.493 e. The fraction of sp³-hybridized carbons (Fsp3) is 0.361. The molecule has 414 valence electrons. The fourth-order valence-corrected chi connectivity index (χ4v) is 10.1. The Bertz CT molecular complexity index is 2720. The van der Waals surface area contributed by atoms with Crippen molar-refractivity contribution in [3.05, 3.63) is 174 Å². The summed E-state index contributed by atoms with van der Waals surface area (Å²) in [5.74, 6) is 1.62. The zero-order chi connectivity index (χ0) is 54.9. The number of piperidine rings is 3. The summed E-state index contributed by atoms with van der Waals surface area (Å²) >= 11 is 1.67. The summed E-state index contributed by atoms with van der Waals surface area (Å²) in [4.78, 5) is 44.8. The second kappa shape index (κ2) is 31.2. The number of halogens is 1. The molecule has 0 atom stereocenters. The van der Waals surface area contributed by atoms with Crippen molar-refractivity contribution < 1.29 is 33.0 Å². The fourth-order valence-electron chi connectivity index (χ4n) is 9.69. The van der Waals surface area contributed by atoms with E-state index >= 15 is 0 Å². The Hall–Kier alpha value is -7.31. The standard InChI is InChI=1S/C22H29N3O4.C20H25N3OS.C19H22FN3O/c1-27-19-13-16(14-20(28-2)21(19)29-3)15-25-11-9-18(10-12-25)24-22(26)23-17-7-5-4-6-8-17;1-25-19-9-5-8-18(14-19)22-20(24)21-17-10-12-23(13-11-17)15-16-6-3-2-4-7-16;20-16-6-8-17(9-7-16)21-19(24)22-18-10-12-23(13-11-18)14-15-4-2-1-3-5-15/h4-8,13-14,18H,9-12,15H2,1-3H3,(H2,23,24,26);2-9,14,17H,10-13,15H2,1H3,(H2,21,22,24);1-9,18H,10-14H2,(H2,21,22,24). The first kappa shape index (κ1) is 58.4. The minimum absolute atomic E-state index is 0.111. The van der Waals surface area contributed by atoms with Gasteiger partial charge in [0, 0.05) is 99.0 Å². The molecule has 3 heterocycles. The maximum atomic E-state index is 12.9. The number of amides is 6. The van der Waals surface area contributed by atoms with E-state index in [0.717, 1.165) is 119 Å². The van der Waals surface area contributed by atoms with Crippen LogP contribution in [-0.4, -0.2) is 118 Å². The Morgan fingerprint density at radius 2 is 0.833 bits per heavy atom. The molecule has 0 bridgehead atoms. The number of nitrogens with one attached hydrogen (secondary N) is 6. The van der Waals surface area contributed by atoms with Crippen LogP contribution in [0.3, 0.4) is 0 Å². The topological polar surface area (TPSA) is 161 Å². The number of benzene rings is 6. The van der Waals surface area contributed by atoms with Crippen LogP contribution in [0.5, 0.6) is 17.2 Å². The predicted molar refractivity (Wildman–Crippen MR) is 311 cm³/mol. The summed E-state index contributed by atoms with van der Waals surface area (Å²) in [6, 6.07) is 48.2. The van der Waals surface area contributed by atoms with E-state index in [9.17, 15) is 18.8 Å². The lowest BCUT2D eigenvalue weighted by molar-refractivity contribution is 0.189. The number of likely N-dealkylation sites (tertiary alicyclic amines) is 3. The van der Waals surface area contributed by atoms with Crippen molar-refractivity contribution in [1.82, 2.24) is 30.7 Å². The van der Waals surface area contributed by atoms with E-state index in [1.807, 2.05) is 85.1 Å². The Kier molecular flexibility index (Phi) is 23.3. The van der Waals surface area contributed by atoms with Crippen LogP contribution in [0, 0.1) is 5.82 Å². The molecule has 0 radical (unpaired) electrons. The highest BCUT2D eigenvalue weighted by Crippen LogP contribution is 2.38. The number of hydrogen-bond donors (Lipinski definition) is 6. The number of carbonyl (C=O) groups excluding carboxylic acids is 3. The number of para-hydroxylation sites is 1. The molecule has 15 nitrogen and oxygen atoms in total. The molecule has 3 saturated heterocycles. The number of nitrogens with zero attached hydrogens (tertiary/aromatic N) is 3. The van der Waals surface area contributed by atoms with Gasteiger partial charge in [-0.05, 0) is 128 Å². The molecule has 0 spiro atoms. The number of ether oxygens (including phenoxy) is 3. The van der Waals surface area contributed by atoms with Gasteiger partial charge in [-0.15, -0.1) is 11.8 Å². The van der Waals surface area contributed by atoms with Gasteiger partial charge in [-0.3, -0.25) is 14.7 Å². The summed E-state index contributed by atoms with van der Waals surface area (Å²) in [6.07, 6.45) is 7.70. The summed E-state index contributed by atoms with van der Waals surface area (Å²) in [6.45, 7) is 8.52. The van der Waals surface area contributed by atoms with E-state index < -0.39 is 0 Å². The highest BCUT2D eigenvalue weighted by Gasteiger charge is 2.24. The molecule has 6 amide bonds. The van der Waals surface area contributed by atoms with Crippen LogP contribution in [0.4, 0.5) is 35.8 Å². The molecule has 3 aliphatic rings. The first-order valence-electron chi connectivity index (χ1n) is 26.8. The minimum Gasteiger partial charge on any atom is -0.493 e. The molecule has 0 aliphatic carbocycles. The third-order valence-corrected chi connectivity index (χ3v) is 14.6. The lowest BCUT2D eigenvalue weighted by Gasteiger charge is -2.32. The molecule has 3 aliphatic heterocycles. The van der Waals surface area contributed by atoms with Gasteiger partial charge in [-0.2, -0.15) is 0 Å². The Labute approximate surface area is 464 Å². The third-order valence-electron chi connectivity index (χ3n) is 13.9. The molecule has 9 rings (SSSR count). The minimum atomic E-state index is -0.313. The molecule has 0 unspecified atom stereocenters. The quantitative estimate of drug-likeness (QED) is 0.0515. The Morgan fingerprint density at radius 1 is 0.462 bits per heavy atom. The van der Waals surface area contributed by atoms with Gasteiger partial charge >= 0.3 is 18.1 Å². The number of thioether (sulfide) groups is 1. The van der Waals surface area contributed by atoms with E-state index in [1.165, 1.54) is 23.3 Å². The number of methoxy groups -OCH3 is 3. The third kappa shape index (κ3) is 19.6. The molecule has 6 N–H and O–H groups in total. The monoisotopic (exact) mass is 1080 g/mol. The van der Waals surface area contributed by atoms with Crippen LogP contribution >= 0.6 is 11.8 Å². The van der Waals surface area contributed by atoms with Crippen molar-refractivity contribution in [2.45, 2.75) is 81.2 Å². The Balaban J connectivity index is 0.000000170. The molecule has 6 aromatic carbocycles. The van der Waals surface area contributed by atoms with Crippen LogP contribution in [0.15, 0.2) is 157 Å². The van der Waals surface area contributed by atoms with Crippen molar-refractivity contribution >= 4 is 46.9 Å². The van der Waals surface area contributed by atoms with Crippen LogP contribution < -0.4 is 46.1 Å². The van der Waals surface area contributed by atoms with E-state index in [2.05, 4.69) is 95.1 Å². The zero-order valence-corrected chi connectivity index (χ0v) is 46.2. The molecule has 3 fully saturated rings. The van der Waals surface area contributed by atoms with Gasteiger partial charge in [0.1, 0.15) is 5.82 Å². The molecular weight excluding hydrogens is 1010 g/mol. The lowest BCUT2D eigenvalue weighted by atomic mass is 10.0. The van der Waals surface area contributed by atoms with Gasteiger partial charge in [-0.25, -0.2) is 18.8 Å². The van der Waals surface area contributed by atoms with Crippen molar-refractivity contribution in [2.75, 3.05) is 82.8 Å². The van der Waals surface area contributed by atoms with Gasteiger partial charge in [0.2, 0.25) is 5.75 Å². The number of hydrogen-bond acceptors (Lipinski definition) is 10. The van der Waals surface area contributed by atoms with Crippen LogP contribution in [-0.2, 0) is 19.6 Å². The normalized spacial score (nSPS) is 15.4. The number of urea groups is 3. The molecule has 0 saturated carbocycles. The van der Waals surface area contributed by atoms with E-state index in [4.69, 9.17) is 14.2 Å². The number of carbonyl (C=O) groups is 3. The Morgan fingerprint density at radius 3 is 1.23 bits per heavy atom. The molecule has 17 heteroatoms. The van der Waals surface area contributed by atoms with Crippen molar-refractivity contribution in [3.8, 4) is 17.2 Å². The van der Waals surface area contributed by atoms with Crippen LogP contribution in [0.25, 0.3) is 0 Å². The maximum Gasteiger partial charge on any atom is 0.319 e. The van der Waals surface area contributed by atoms with Gasteiger partial charge < -0.3 is 46.1 Å². The summed E-state index contributed by atoms with van der Waals surface area (Å²) in [7, 11) is 4.85. The van der Waals surface area contributed by atoms with Crippen molar-refractivity contribution in [2.24, 2.45) is 0 Å². The molecule has 78 heavy (non-hydrogen) atoms. The average molecular weight is 1080 g/mol. The molecule has 0 aromatic heterocycles. The first-order valence-corrected chi connectivity index (χ1v) is 28.0.